The molecule has 1 saturated carbocycles. The van der Waals surface area contributed by atoms with E-state index in [1.165, 1.54) is 24.0 Å². The molecular formula is C18H24N2O. The molecule has 2 saturated heterocycles. The highest BCUT2D eigenvalue weighted by atomic mass is 16.2. The third-order valence-electron chi connectivity index (χ3n) is 5.53. The smallest absolute Gasteiger partial charge is 0.226 e. The normalized spacial score (nSPS) is 34.6. The van der Waals surface area contributed by atoms with E-state index in [4.69, 9.17) is 0 Å². The minimum absolute atomic E-state index is 0.239. The number of nitrogens with one attached hydrogen (secondary N) is 1. The van der Waals surface area contributed by atoms with Gasteiger partial charge in [0, 0.05) is 31.1 Å². The zero-order valence-electron chi connectivity index (χ0n) is 12.7. The van der Waals surface area contributed by atoms with Gasteiger partial charge in [0.05, 0.1) is 0 Å². The Labute approximate surface area is 126 Å². The van der Waals surface area contributed by atoms with Crippen LogP contribution in [0.4, 0.5) is 0 Å². The third-order valence-corrected chi connectivity index (χ3v) is 5.53. The molecule has 3 heteroatoms. The summed E-state index contributed by atoms with van der Waals surface area (Å²) in [5.74, 6) is 1.10. The third kappa shape index (κ3) is 2.48. The molecule has 1 amide bonds. The van der Waals surface area contributed by atoms with Gasteiger partial charge in [-0.1, -0.05) is 24.3 Å². The van der Waals surface area contributed by atoms with Crippen molar-refractivity contribution in [1.82, 2.24) is 10.2 Å². The Bertz CT molecular complexity index is 556. The van der Waals surface area contributed by atoms with Gasteiger partial charge in [0.1, 0.15) is 0 Å². The molecule has 3 aliphatic rings. The van der Waals surface area contributed by atoms with E-state index in [0.717, 1.165) is 25.9 Å². The van der Waals surface area contributed by atoms with Gasteiger partial charge in [-0.25, -0.2) is 0 Å². The van der Waals surface area contributed by atoms with Crippen molar-refractivity contribution in [1.29, 1.82) is 0 Å². The van der Waals surface area contributed by atoms with Crippen molar-refractivity contribution in [2.75, 3.05) is 13.1 Å². The van der Waals surface area contributed by atoms with Crippen molar-refractivity contribution in [3.63, 3.8) is 0 Å². The Hall–Kier alpha value is -1.35. The Balaban J connectivity index is 1.44. The molecule has 0 aromatic heterocycles. The summed E-state index contributed by atoms with van der Waals surface area (Å²) in [6.45, 7) is 4.03. The van der Waals surface area contributed by atoms with Crippen molar-refractivity contribution < 1.29 is 4.79 Å². The Morgan fingerprint density at radius 2 is 2.00 bits per heavy atom. The Morgan fingerprint density at radius 3 is 2.86 bits per heavy atom. The number of benzene rings is 1. The lowest BCUT2D eigenvalue weighted by atomic mass is 10.0. The second-order valence-electron chi connectivity index (χ2n) is 7.02. The van der Waals surface area contributed by atoms with Crippen molar-refractivity contribution in [3.8, 4) is 0 Å². The number of fused-ring (bicyclic) bond motifs is 2. The predicted molar refractivity (Wildman–Crippen MR) is 83.2 cm³/mol. The maximum absolute atomic E-state index is 12.8. The summed E-state index contributed by atoms with van der Waals surface area (Å²) in [4.78, 5) is 14.9. The molecule has 2 heterocycles. The van der Waals surface area contributed by atoms with Gasteiger partial charge >= 0.3 is 0 Å². The second kappa shape index (κ2) is 5.13. The molecule has 1 N–H and O–H groups in total. The molecule has 4 atom stereocenters. The number of rotatable bonds is 2. The molecule has 112 valence electrons. The number of hydrogen-bond acceptors (Lipinski definition) is 2. The zero-order valence-corrected chi connectivity index (χ0v) is 12.7. The van der Waals surface area contributed by atoms with Gasteiger partial charge in [0.25, 0.3) is 0 Å². The van der Waals surface area contributed by atoms with Crippen LogP contribution >= 0.6 is 0 Å². The van der Waals surface area contributed by atoms with Crippen molar-refractivity contribution >= 4 is 5.91 Å². The highest BCUT2D eigenvalue weighted by Crippen LogP contribution is 2.49. The van der Waals surface area contributed by atoms with Crippen LogP contribution in [0.2, 0.25) is 0 Å². The average Bonchev–Trinajstić information content (AvgIpc) is 3.17. The first-order valence-corrected chi connectivity index (χ1v) is 8.33. The molecule has 2 bridgehead atoms. The number of likely N-dealkylation sites (tertiary alicyclic amines) is 1. The zero-order chi connectivity index (χ0) is 14.4. The molecule has 3 nitrogen and oxygen atoms in total. The van der Waals surface area contributed by atoms with Crippen LogP contribution in [-0.2, 0) is 4.79 Å². The van der Waals surface area contributed by atoms with Gasteiger partial charge in [-0.3, -0.25) is 4.79 Å². The SMILES string of the molecule is Cc1ccccc1C1CC1C(=O)N1CCC2CCC(C1)N2. The number of hydrogen-bond donors (Lipinski definition) is 1. The lowest BCUT2D eigenvalue weighted by molar-refractivity contribution is -0.132. The molecule has 1 aliphatic carbocycles. The standard InChI is InChI=1S/C18H24N2O/c1-12-4-2-3-5-15(12)16-10-17(16)18(21)20-9-8-13-6-7-14(11-20)19-13/h2-5,13-14,16-17,19H,6-11H2,1H3. The van der Waals surface area contributed by atoms with E-state index >= 15 is 0 Å². The van der Waals surface area contributed by atoms with Crippen LogP contribution in [-0.4, -0.2) is 36.0 Å². The summed E-state index contributed by atoms with van der Waals surface area (Å²) < 4.78 is 0. The van der Waals surface area contributed by atoms with Crippen LogP contribution in [0.15, 0.2) is 24.3 Å². The van der Waals surface area contributed by atoms with Crippen LogP contribution in [0.1, 0.15) is 42.7 Å². The van der Waals surface area contributed by atoms with Crippen LogP contribution in [0.25, 0.3) is 0 Å². The quantitative estimate of drug-likeness (QED) is 0.905. The van der Waals surface area contributed by atoms with Crippen LogP contribution in [0.5, 0.6) is 0 Å². The van der Waals surface area contributed by atoms with E-state index in [-0.39, 0.29) is 5.92 Å². The first-order valence-electron chi connectivity index (χ1n) is 8.33. The highest BCUT2D eigenvalue weighted by molar-refractivity contribution is 5.83. The number of carbonyl (C=O) groups is 1. The van der Waals surface area contributed by atoms with Crippen molar-refractivity contribution in [2.45, 2.75) is 50.6 Å². The fourth-order valence-electron chi connectivity index (χ4n) is 4.19. The number of carbonyl (C=O) groups excluding carboxylic acids is 1. The van der Waals surface area contributed by atoms with Gasteiger partial charge in [0.15, 0.2) is 0 Å². The Kier molecular flexibility index (Phi) is 3.26. The lowest BCUT2D eigenvalue weighted by Crippen LogP contribution is -2.40. The molecule has 4 rings (SSSR count). The van der Waals surface area contributed by atoms with Crippen molar-refractivity contribution in [3.05, 3.63) is 35.4 Å². The lowest BCUT2D eigenvalue weighted by Gasteiger charge is -2.24. The number of amides is 1. The summed E-state index contributed by atoms with van der Waals surface area (Å²) in [5, 5.41) is 3.66. The van der Waals surface area contributed by atoms with E-state index < -0.39 is 0 Å². The molecule has 1 aromatic carbocycles. The van der Waals surface area contributed by atoms with E-state index in [1.54, 1.807) is 0 Å². The minimum Gasteiger partial charge on any atom is -0.341 e. The van der Waals surface area contributed by atoms with E-state index in [9.17, 15) is 4.79 Å². The maximum atomic E-state index is 12.8. The van der Waals surface area contributed by atoms with E-state index in [0.29, 0.717) is 23.9 Å². The highest BCUT2D eigenvalue weighted by Gasteiger charge is 2.47. The molecular weight excluding hydrogens is 260 g/mol. The van der Waals surface area contributed by atoms with Gasteiger partial charge < -0.3 is 10.2 Å². The maximum Gasteiger partial charge on any atom is 0.226 e. The summed E-state index contributed by atoms with van der Waals surface area (Å²) in [5.41, 5.74) is 2.71. The second-order valence-corrected chi connectivity index (χ2v) is 7.02. The van der Waals surface area contributed by atoms with E-state index in [2.05, 4.69) is 41.4 Å². The largest absolute Gasteiger partial charge is 0.341 e. The van der Waals surface area contributed by atoms with Crippen LogP contribution in [0.3, 0.4) is 0 Å². The summed E-state index contributed by atoms with van der Waals surface area (Å²) in [6.07, 6.45) is 4.70. The molecule has 1 aromatic rings. The number of aryl methyl sites for hydroxylation is 1. The van der Waals surface area contributed by atoms with Crippen LogP contribution in [0, 0.1) is 12.8 Å². The van der Waals surface area contributed by atoms with Crippen LogP contribution < -0.4 is 5.32 Å². The topological polar surface area (TPSA) is 32.3 Å². The Morgan fingerprint density at radius 1 is 1.19 bits per heavy atom. The van der Waals surface area contributed by atoms with Gasteiger partial charge in [-0.2, -0.15) is 0 Å². The molecule has 2 aliphatic heterocycles. The molecule has 0 radical (unpaired) electrons. The minimum atomic E-state index is 0.239. The summed E-state index contributed by atoms with van der Waals surface area (Å²) >= 11 is 0. The molecule has 3 fully saturated rings. The fourth-order valence-corrected chi connectivity index (χ4v) is 4.19. The van der Waals surface area contributed by atoms with E-state index in [1.807, 2.05) is 0 Å². The monoisotopic (exact) mass is 284 g/mol. The first kappa shape index (κ1) is 13.3. The molecule has 4 unspecified atom stereocenters. The van der Waals surface area contributed by atoms with Gasteiger partial charge in [0.2, 0.25) is 5.91 Å². The number of nitrogens with zero attached hydrogens (tertiary/aromatic N) is 1. The van der Waals surface area contributed by atoms with Gasteiger partial charge in [-0.05, 0) is 49.7 Å². The predicted octanol–water partition coefficient (Wildman–Crippen LogP) is 2.45. The average molecular weight is 284 g/mol. The summed E-state index contributed by atoms with van der Waals surface area (Å²) in [6, 6.07) is 9.71. The molecule has 0 spiro atoms. The summed E-state index contributed by atoms with van der Waals surface area (Å²) in [7, 11) is 0. The first-order chi connectivity index (χ1) is 10.2. The van der Waals surface area contributed by atoms with Crippen molar-refractivity contribution in [2.24, 2.45) is 5.92 Å². The fraction of sp³-hybridized carbons (Fsp3) is 0.611. The van der Waals surface area contributed by atoms with Gasteiger partial charge in [-0.15, -0.1) is 0 Å². The molecule has 21 heavy (non-hydrogen) atoms.